The van der Waals surface area contributed by atoms with E-state index in [1.807, 2.05) is 0 Å². The second-order valence-electron chi connectivity index (χ2n) is 2.62. The van der Waals surface area contributed by atoms with Crippen molar-refractivity contribution in [1.82, 2.24) is 10.6 Å². The minimum Gasteiger partial charge on any atom is -0.480 e. The van der Waals surface area contributed by atoms with E-state index in [0.29, 0.717) is 0 Å². The van der Waals surface area contributed by atoms with Crippen LogP contribution in [0.1, 0.15) is 0 Å². The molecule has 90 valence electrons. The minimum absolute atomic E-state index is 0.761. The zero-order chi connectivity index (χ0) is 12.7. The first-order valence-electron chi connectivity index (χ1n) is 4.02. The molecule has 0 fully saturated rings. The van der Waals surface area contributed by atoms with Gasteiger partial charge in [0.1, 0.15) is 6.54 Å². The molecule has 0 aromatic heterocycles. The Hall–Kier alpha value is -2.16. The number of aliphatic hydroxyl groups excluding tert-OH is 1. The lowest BCUT2D eigenvalue weighted by Crippen LogP contribution is -2.49. The summed E-state index contributed by atoms with van der Waals surface area (Å²) >= 11 is 0. The third-order valence-corrected chi connectivity index (χ3v) is 1.39. The fourth-order valence-corrected chi connectivity index (χ4v) is 0.645. The molecule has 0 saturated heterocycles. The van der Waals surface area contributed by atoms with E-state index in [0.717, 1.165) is 0 Å². The molecule has 0 bridgehead atoms. The summed E-state index contributed by atoms with van der Waals surface area (Å²) in [5.41, 5.74) is 0. The van der Waals surface area contributed by atoms with Gasteiger partial charge in [0.25, 0.3) is 0 Å². The fourth-order valence-electron chi connectivity index (χ4n) is 0.645. The van der Waals surface area contributed by atoms with Gasteiger partial charge in [0.15, 0.2) is 6.04 Å². The van der Waals surface area contributed by atoms with Gasteiger partial charge < -0.3 is 26.0 Å². The molecule has 0 aliphatic rings. The lowest BCUT2D eigenvalue weighted by Gasteiger charge is -2.10. The average molecular weight is 234 g/mol. The molecule has 0 radical (unpaired) electrons. The van der Waals surface area contributed by atoms with Crippen molar-refractivity contribution in [3.05, 3.63) is 0 Å². The zero-order valence-electron chi connectivity index (χ0n) is 7.97. The van der Waals surface area contributed by atoms with E-state index in [-0.39, 0.29) is 0 Å². The third-order valence-electron chi connectivity index (χ3n) is 1.39. The summed E-state index contributed by atoms with van der Waals surface area (Å²) in [6.45, 7) is -1.64. The first kappa shape index (κ1) is 13.8. The average Bonchev–Trinajstić information content (AvgIpc) is 2.21. The molecule has 9 heteroatoms. The Morgan fingerprint density at radius 2 is 1.62 bits per heavy atom. The summed E-state index contributed by atoms with van der Waals surface area (Å²) in [4.78, 5) is 42.2. The van der Waals surface area contributed by atoms with Gasteiger partial charge in [0, 0.05) is 0 Å². The Kier molecular flexibility index (Phi) is 5.49. The molecule has 0 aliphatic heterocycles. The molecule has 0 aliphatic carbocycles. The molecule has 1 atom stereocenters. The normalized spacial score (nSPS) is 11.3. The maximum Gasteiger partial charge on any atom is 0.328 e. The predicted octanol–water partition coefficient (Wildman–Crippen LogP) is -3.25. The summed E-state index contributed by atoms with van der Waals surface area (Å²) < 4.78 is 0. The van der Waals surface area contributed by atoms with Crippen LogP contribution in [0, 0.1) is 0 Å². The van der Waals surface area contributed by atoms with E-state index in [2.05, 4.69) is 0 Å². The monoisotopic (exact) mass is 234 g/mol. The Bertz CT molecular complexity index is 314. The number of rotatable bonds is 5. The van der Waals surface area contributed by atoms with Crippen LogP contribution in [-0.4, -0.2) is 58.3 Å². The lowest BCUT2D eigenvalue weighted by molar-refractivity contribution is -0.146. The maximum absolute atomic E-state index is 10.9. The molecule has 9 nitrogen and oxygen atoms in total. The zero-order valence-corrected chi connectivity index (χ0v) is 7.97. The second kappa shape index (κ2) is 6.35. The summed E-state index contributed by atoms with van der Waals surface area (Å²) in [6.07, 6.45) is 0. The van der Waals surface area contributed by atoms with E-state index < -0.39 is 42.9 Å². The number of aliphatic carboxylic acids is 2. The van der Waals surface area contributed by atoms with Crippen molar-refractivity contribution in [1.29, 1.82) is 0 Å². The molecule has 0 rings (SSSR count). The van der Waals surface area contributed by atoms with Crippen LogP contribution >= 0.6 is 0 Å². The summed E-state index contributed by atoms with van der Waals surface area (Å²) in [6, 6.07) is -1.61. The molecule has 16 heavy (non-hydrogen) atoms. The summed E-state index contributed by atoms with van der Waals surface area (Å²) in [7, 11) is 0. The van der Waals surface area contributed by atoms with Crippen molar-refractivity contribution < 1.29 is 34.5 Å². The van der Waals surface area contributed by atoms with Gasteiger partial charge in [-0.1, -0.05) is 0 Å². The highest BCUT2D eigenvalue weighted by atomic mass is 16.4. The number of carbonyl (C=O) groups excluding carboxylic acids is 2. The first-order valence-corrected chi connectivity index (χ1v) is 4.02. The van der Waals surface area contributed by atoms with Gasteiger partial charge in [-0.15, -0.1) is 0 Å². The smallest absolute Gasteiger partial charge is 0.328 e. The van der Waals surface area contributed by atoms with Gasteiger partial charge in [-0.05, 0) is 0 Å². The molecule has 0 saturated carbocycles. The predicted molar refractivity (Wildman–Crippen MR) is 47.3 cm³/mol. The number of carboxylic acid groups (broad SMARTS) is 2. The van der Waals surface area contributed by atoms with Crippen LogP contribution in [0.4, 0.5) is 0 Å². The quantitative estimate of drug-likeness (QED) is 0.313. The van der Waals surface area contributed by atoms with Crippen LogP contribution in [0.3, 0.4) is 0 Å². The Balaban J connectivity index is 4.18. The summed E-state index contributed by atoms with van der Waals surface area (Å²) in [5, 5.41) is 28.5. The molecular formula is C7H10N2O7. The van der Waals surface area contributed by atoms with E-state index in [1.165, 1.54) is 0 Å². The number of carbonyl (C=O) groups is 4. The molecule has 1 unspecified atom stereocenters. The van der Waals surface area contributed by atoms with Gasteiger partial charge in [0.2, 0.25) is 0 Å². The maximum atomic E-state index is 10.9. The fraction of sp³-hybridized carbons (Fsp3) is 0.429. The van der Waals surface area contributed by atoms with Crippen LogP contribution in [0.5, 0.6) is 0 Å². The van der Waals surface area contributed by atoms with Crippen molar-refractivity contribution in [2.75, 3.05) is 13.2 Å². The molecular weight excluding hydrogens is 224 g/mol. The highest BCUT2D eigenvalue weighted by Crippen LogP contribution is 1.82. The lowest BCUT2D eigenvalue weighted by atomic mass is 10.3. The SMILES string of the molecule is O=C(O)CNC(=O)C(=O)NC(CO)C(=O)O. The van der Waals surface area contributed by atoms with Gasteiger partial charge in [0.05, 0.1) is 6.61 Å². The van der Waals surface area contributed by atoms with Crippen LogP contribution < -0.4 is 10.6 Å². The van der Waals surface area contributed by atoms with Crippen molar-refractivity contribution in [3.63, 3.8) is 0 Å². The summed E-state index contributed by atoms with van der Waals surface area (Å²) in [5.74, 6) is -5.48. The largest absolute Gasteiger partial charge is 0.480 e. The molecule has 2 amide bonds. The number of amides is 2. The van der Waals surface area contributed by atoms with Crippen molar-refractivity contribution in [3.8, 4) is 0 Å². The van der Waals surface area contributed by atoms with Crippen LogP contribution in [0.2, 0.25) is 0 Å². The Morgan fingerprint density at radius 3 is 2.00 bits per heavy atom. The number of aliphatic hydroxyl groups is 1. The van der Waals surface area contributed by atoms with Crippen molar-refractivity contribution in [2.24, 2.45) is 0 Å². The molecule has 0 aromatic rings. The minimum atomic E-state index is -1.61. The second-order valence-corrected chi connectivity index (χ2v) is 2.62. The van der Waals surface area contributed by atoms with E-state index in [4.69, 9.17) is 15.3 Å². The molecule has 0 heterocycles. The Labute approximate surface area is 89.1 Å². The molecule has 5 N–H and O–H groups in total. The van der Waals surface area contributed by atoms with Gasteiger partial charge in [-0.2, -0.15) is 0 Å². The standard InChI is InChI=1S/C7H10N2O7/c10-2-3(7(15)16)9-6(14)5(13)8-1-4(11)12/h3,10H,1-2H2,(H,8,13)(H,9,14)(H,11,12)(H,15,16). The van der Waals surface area contributed by atoms with Gasteiger partial charge in [-0.25, -0.2) is 4.79 Å². The van der Waals surface area contributed by atoms with E-state index >= 15 is 0 Å². The molecule has 0 spiro atoms. The number of hydrogen-bond acceptors (Lipinski definition) is 5. The van der Waals surface area contributed by atoms with Gasteiger partial charge >= 0.3 is 23.8 Å². The van der Waals surface area contributed by atoms with E-state index in [1.54, 1.807) is 10.6 Å². The van der Waals surface area contributed by atoms with Crippen LogP contribution in [0.15, 0.2) is 0 Å². The van der Waals surface area contributed by atoms with Gasteiger partial charge in [-0.3, -0.25) is 14.4 Å². The van der Waals surface area contributed by atoms with Crippen molar-refractivity contribution >= 4 is 23.8 Å². The van der Waals surface area contributed by atoms with Crippen LogP contribution in [-0.2, 0) is 19.2 Å². The number of carboxylic acids is 2. The van der Waals surface area contributed by atoms with E-state index in [9.17, 15) is 19.2 Å². The topological polar surface area (TPSA) is 153 Å². The number of hydrogen-bond donors (Lipinski definition) is 5. The van der Waals surface area contributed by atoms with Crippen molar-refractivity contribution in [2.45, 2.75) is 6.04 Å². The third kappa shape index (κ3) is 4.91. The first-order chi connectivity index (χ1) is 7.38. The highest BCUT2D eigenvalue weighted by Gasteiger charge is 2.22. The number of nitrogens with one attached hydrogen (secondary N) is 2. The highest BCUT2D eigenvalue weighted by molar-refractivity contribution is 6.35. The van der Waals surface area contributed by atoms with Crippen LogP contribution in [0.25, 0.3) is 0 Å². The molecule has 0 aromatic carbocycles. The Morgan fingerprint density at radius 1 is 1.06 bits per heavy atom.